The molecule has 1 aliphatic rings. The molecule has 0 unspecified atom stereocenters. The Balaban J connectivity index is 2.33. The topological polar surface area (TPSA) is 46.3 Å². The lowest BCUT2D eigenvalue weighted by Crippen LogP contribution is -2.42. The normalized spacial score (nSPS) is 16.7. The van der Waals surface area contributed by atoms with Crippen molar-refractivity contribution in [3.05, 3.63) is 34.9 Å². The number of benzene rings is 1. The molecular formula is C17H22N2O. The number of hydrogen-bond donors (Lipinski definition) is 1. The van der Waals surface area contributed by atoms with E-state index in [9.17, 15) is 4.79 Å². The van der Waals surface area contributed by atoms with Crippen molar-refractivity contribution in [2.24, 2.45) is 5.73 Å². The lowest BCUT2D eigenvalue weighted by atomic mass is 10.00. The van der Waals surface area contributed by atoms with Crippen molar-refractivity contribution in [2.75, 3.05) is 13.1 Å². The van der Waals surface area contributed by atoms with Crippen LogP contribution in [0, 0.1) is 18.8 Å². The molecule has 1 aliphatic heterocycles. The second-order valence-corrected chi connectivity index (χ2v) is 5.97. The molecule has 1 fully saturated rings. The molecule has 3 nitrogen and oxygen atoms in total. The van der Waals surface area contributed by atoms with Crippen LogP contribution in [0.5, 0.6) is 0 Å². The van der Waals surface area contributed by atoms with E-state index in [0.717, 1.165) is 36.1 Å². The first kappa shape index (κ1) is 14.6. The zero-order valence-corrected chi connectivity index (χ0v) is 12.5. The Hall–Kier alpha value is -1.79. The molecule has 0 spiro atoms. The Morgan fingerprint density at radius 2 is 2.15 bits per heavy atom. The number of nitrogens with two attached hydrogens (primary N) is 1. The number of rotatable bonds is 1. The van der Waals surface area contributed by atoms with Gasteiger partial charge in [-0.05, 0) is 57.4 Å². The summed E-state index contributed by atoms with van der Waals surface area (Å²) in [5.74, 6) is 5.95. The van der Waals surface area contributed by atoms with Gasteiger partial charge in [0.05, 0.1) is 6.54 Å². The maximum absolute atomic E-state index is 12.7. The zero-order chi connectivity index (χ0) is 14.8. The molecule has 1 aromatic carbocycles. The van der Waals surface area contributed by atoms with Crippen molar-refractivity contribution in [2.45, 2.75) is 39.2 Å². The lowest BCUT2D eigenvalue weighted by Gasteiger charge is -2.31. The maximum Gasteiger partial charge on any atom is 0.254 e. The van der Waals surface area contributed by atoms with Gasteiger partial charge in [0.2, 0.25) is 0 Å². The lowest BCUT2D eigenvalue weighted by molar-refractivity contribution is 0.0652. The second-order valence-electron chi connectivity index (χ2n) is 5.97. The van der Waals surface area contributed by atoms with Crippen LogP contribution in [-0.2, 0) is 0 Å². The fourth-order valence-corrected chi connectivity index (χ4v) is 2.77. The van der Waals surface area contributed by atoms with E-state index >= 15 is 0 Å². The van der Waals surface area contributed by atoms with Crippen LogP contribution in [0.25, 0.3) is 0 Å². The minimum Gasteiger partial charge on any atom is -0.334 e. The second kappa shape index (κ2) is 5.68. The third-order valence-electron chi connectivity index (χ3n) is 3.81. The van der Waals surface area contributed by atoms with Gasteiger partial charge < -0.3 is 10.6 Å². The van der Waals surface area contributed by atoms with Gasteiger partial charge in [0.25, 0.3) is 5.91 Å². The molecule has 2 N–H and O–H groups in total. The van der Waals surface area contributed by atoms with Gasteiger partial charge in [0.15, 0.2) is 0 Å². The van der Waals surface area contributed by atoms with Crippen LogP contribution in [0.15, 0.2) is 18.2 Å². The van der Waals surface area contributed by atoms with Crippen molar-refractivity contribution < 1.29 is 4.79 Å². The Morgan fingerprint density at radius 3 is 2.75 bits per heavy atom. The number of amides is 1. The summed E-state index contributed by atoms with van der Waals surface area (Å²) in [4.78, 5) is 14.7. The summed E-state index contributed by atoms with van der Waals surface area (Å²) in [6.45, 7) is 7.41. The molecule has 1 aromatic rings. The molecule has 0 atom stereocenters. The van der Waals surface area contributed by atoms with E-state index in [4.69, 9.17) is 5.73 Å². The zero-order valence-electron chi connectivity index (χ0n) is 12.5. The Labute approximate surface area is 121 Å². The van der Waals surface area contributed by atoms with Crippen LogP contribution in [-0.4, -0.2) is 29.4 Å². The Bertz CT molecular complexity index is 578. The average molecular weight is 270 g/mol. The van der Waals surface area contributed by atoms with Crippen LogP contribution in [0.4, 0.5) is 0 Å². The number of nitrogens with zero attached hydrogens (tertiary/aromatic N) is 1. The first-order chi connectivity index (χ1) is 9.44. The van der Waals surface area contributed by atoms with E-state index in [1.807, 2.05) is 30.0 Å². The number of likely N-dealkylation sites (tertiary alicyclic amines) is 1. The van der Waals surface area contributed by atoms with E-state index in [-0.39, 0.29) is 11.4 Å². The third kappa shape index (κ3) is 3.02. The van der Waals surface area contributed by atoms with Crippen LogP contribution in [0.3, 0.4) is 0 Å². The highest BCUT2D eigenvalue weighted by Crippen LogP contribution is 2.30. The van der Waals surface area contributed by atoms with Gasteiger partial charge in [-0.15, -0.1) is 0 Å². The summed E-state index contributed by atoms with van der Waals surface area (Å²) in [5.41, 5.74) is 7.98. The largest absolute Gasteiger partial charge is 0.334 e. The average Bonchev–Trinajstić information content (AvgIpc) is 2.74. The van der Waals surface area contributed by atoms with Crippen LogP contribution >= 0.6 is 0 Å². The first-order valence-corrected chi connectivity index (χ1v) is 7.06. The highest BCUT2D eigenvalue weighted by Gasteiger charge is 2.35. The Morgan fingerprint density at radius 1 is 1.40 bits per heavy atom. The summed E-state index contributed by atoms with van der Waals surface area (Å²) in [7, 11) is 0. The summed E-state index contributed by atoms with van der Waals surface area (Å²) in [6.07, 6.45) is 2.13. The van der Waals surface area contributed by atoms with Gasteiger partial charge in [-0.3, -0.25) is 4.79 Å². The van der Waals surface area contributed by atoms with Crippen molar-refractivity contribution in [3.63, 3.8) is 0 Å². The van der Waals surface area contributed by atoms with Crippen molar-refractivity contribution in [1.82, 2.24) is 4.90 Å². The summed E-state index contributed by atoms with van der Waals surface area (Å²) in [5, 5.41) is 0. The quantitative estimate of drug-likeness (QED) is 0.796. The van der Waals surface area contributed by atoms with Gasteiger partial charge in [-0.25, -0.2) is 0 Å². The molecule has 0 aromatic heterocycles. The molecule has 0 radical (unpaired) electrons. The molecule has 0 aliphatic carbocycles. The minimum atomic E-state index is -0.0517. The highest BCUT2D eigenvalue weighted by molar-refractivity contribution is 5.95. The monoisotopic (exact) mass is 270 g/mol. The predicted octanol–water partition coefficient (Wildman–Crippen LogP) is 2.32. The Kier molecular flexibility index (Phi) is 4.15. The van der Waals surface area contributed by atoms with E-state index in [1.165, 1.54) is 0 Å². The molecule has 0 bridgehead atoms. The molecule has 0 saturated carbocycles. The van der Waals surface area contributed by atoms with Gasteiger partial charge >= 0.3 is 0 Å². The number of carbonyl (C=O) groups is 1. The van der Waals surface area contributed by atoms with Crippen LogP contribution < -0.4 is 5.73 Å². The summed E-state index contributed by atoms with van der Waals surface area (Å²) in [6, 6.07) is 5.78. The number of carbonyl (C=O) groups excluding carboxylic acids is 1. The predicted molar refractivity (Wildman–Crippen MR) is 81.5 cm³/mol. The van der Waals surface area contributed by atoms with Crippen molar-refractivity contribution in [3.8, 4) is 11.8 Å². The highest BCUT2D eigenvalue weighted by atomic mass is 16.2. The van der Waals surface area contributed by atoms with E-state index in [0.29, 0.717) is 6.54 Å². The third-order valence-corrected chi connectivity index (χ3v) is 3.81. The molecule has 106 valence electrons. The molecule has 1 saturated heterocycles. The van der Waals surface area contributed by atoms with Crippen LogP contribution in [0.1, 0.15) is 48.2 Å². The van der Waals surface area contributed by atoms with Crippen molar-refractivity contribution >= 4 is 5.91 Å². The standard InChI is InChI=1S/C17H22N2O/c1-13-10-14(6-4-8-18)12-15(11-13)16(20)19-9-5-7-17(19,2)3/h10-12H,5,7-9,18H2,1-3H3. The van der Waals surface area contributed by atoms with Crippen molar-refractivity contribution in [1.29, 1.82) is 0 Å². The minimum absolute atomic E-state index is 0.0517. The van der Waals surface area contributed by atoms with Gasteiger partial charge in [-0.2, -0.15) is 0 Å². The van der Waals surface area contributed by atoms with Crippen LogP contribution in [0.2, 0.25) is 0 Å². The first-order valence-electron chi connectivity index (χ1n) is 7.06. The molecule has 1 amide bonds. The summed E-state index contributed by atoms with van der Waals surface area (Å²) >= 11 is 0. The van der Waals surface area contributed by atoms with Gasteiger partial charge in [-0.1, -0.05) is 11.8 Å². The number of hydrogen-bond acceptors (Lipinski definition) is 2. The number of aryl methyl sites for hydroxylation is 1. The molecule has 3 heteroatoms. The summed E-state index contributed by atoms with van der Waals surface area (Å²) < 4.78 is 0. The molecular weight excluding hydrogens is 248 g/mol. The van der Waals surface area contributed by atoms with Gasteiger partial charge in [0.1, 0.15) is 0 Å². The van der Waals surface area contributed by atoms with E-state index in [1.54, 1.807) is 0 Å². The fourth-order valence-electron chi connectivity index (χ4n) is 2.77. The molecule has 2 rings (SSSR count). The fraction of sp³-hybridized carbons (Fsp3) is 0.471. The van der Waals surface area contributed by atoms with Gasteiger partial charge in [0, 0.05) is 23.2 Å². The molecule has 20 heavy (non-hydrogen) atoms. The van der Waals surface area contributed by atoms with E-state index in [2.05, 4.69) is 25.7 Å². The van der Waals surface area contributed by atoms with E-state index < -0.39 is 0 Å². The molecule has 1 heterocycles. The SMILES string of the molecule is Cc1cc(C#CCN)cc(C(=O)N2CCCC2(C)C)c1. The smallest absolute Gasteiger partial charge is 0.254 e. The maximum atomic E-state index is 12.7.